The van der Waals surface area contributed by atoms with Gasteiger partial charge in [0.25, 0.3) is 0 Å². The Balaban J connectivity index is 1.37. The maximum absolute atomic E-state index is 11.5. The van der Waals surface area contributed by atoms with Gasteiger partial charge in [0.1, 0.15) is 6.10 Å². The van der Waals surface area contributed by atoms with Gasteiger partial charge in [-0.1, -0.05) is 30.3 Å². The predicted octanol–water partition coefficient (Wildman–Crippen LogP) is 2.46. The number of aliphatic hydroxyl groups is 1. The third kappa shape index (κ3) is 3.59. The van der Waals surface area contributed by atoms with Crippen molar-refractivity contribution in [3.8, 4) is 0 Å². The first-order chi connectivity index (χ1) is 12.2. The fraction of sp³-hybridized carbons (Fsp3) is 0.650. The van der Waals surface area contributed by atoms with E-state index in [9.17, 15) is 9.90 Å². The van der Waals surface area contributed by atoms with E-state index in [1.54, 1.807) is 0 Å². The number of ether oxygens (including phenoxy) is 3. The molecule has 0 amide bonds. The summed E-state index contributed by atoms with van der Waals surface area (Å²) in [5, 5.41) is 10.4. The first-order valence-corrected chi connectivity index (χ1v) is 9.35. The Kier molecular flexibility index (Phi) is 4.80. The second kappa shape index (κ2) is 7.06. The van der Waals surface area contributed by atoms with Gasteiger partial charge in [0, 0.05) is 25.2 Å². The van der Waals surface area contributed by atoms with Gasteiger partial charge < -0.3 is 19.3 Å². The van der Waals surface area contributed by atoms with Crippen LogP contribution in [-0.4, -0.2) is 42.3 Å². The fourth-order valence-electron chi connectivity index (χ4n) is 4.66. The van der Waals surface area contributed by atoms with Crippen LogP contribution in [0.15, 0.2) is 30.3 Å². The first-order valence-electron chi connectivity index (χ1n) is 9.35. The van der Waals surface area contributed by atoms with E-state index in [2.05, 4.69) is 12.1 Å². The molecular formula is C20H26O5. The zero-order chi connectivity index (χ0) is 17.3. The minimum Gasteiger partial charge on any atom is -0.462 e. The summed E-state index contributed by atoms with van der Waals surface area (Å²) < 4.78 is 17.3. The van der Waals surface area contributed by atoms with Gasteiger partial charge in [-0.05, 0) is 24.3 Å². The zero-order valence-corrected chi connectivity index (χ0v) is 14.4. The van der Waals surface area contributed by atoms with Gasteiger partial charge in [-0.2, -0.15) is 0 Å². The number of aryl methyl sites for hydroxylation is 1. The second-order valence-electron chi connectivity index (χ2n) is 7.50. The summed E-state index contributed by atoms with van der Waals surface area (Å²) in [7, 11) is 0. The lowest BCUT2D eigenvalue weighted by molar-refractivity contribution is -0.170. The minimum absolute atomic E-state index is 0.0952. The van der Waals surface area contributed by atoms with Crippen molar-refractivity contribution < 1.29 is 24.1 Å². The van der Waals surface area contributed by atoms with Crippen molar-refractivity contribution in [1.29, 1.82) is 0 Å². The van der Waals surface area contributed by atoms with Crippen LogP contribution in [0.1, 0.15) is 37.7 Å². The molecule has 0 unspecified atom stereocenters. The lowest BCUT2D eigenvalue weighted by Crippen LogP contribution is -2.33. The Labute approximate surface area is 148 Å². The van der Waals surface area contributed by atoms with Gasteiger partial charge in [-0.3, -0.25) is 4.79 Å². The molecule has 1 aliphatic carbocycles. The highest BCUT2D eigenvalue weighted by molar-refractivity contribution is 5.72. The topological polar surface area (TPSA) is 65.0 Å². The third-order valence-electron chi connectivity index (χ3n) is 5.99. The monoisotopic (exact) mass is 346 g/mol. The maximum Gasteiger partial charge on any atom is 0.306 e. The van der Waals surface area contributed by atoms with E-state index in [-0.39, 0.29) is 23.9 Å². The molecule has 1 N–H and O–H groups in total. The average molecular weight is 346 g/mol. The SMILES string of the molecule is O=C1C[C@@H]2[C@@H](CCC3(CCc4ccccc4)OCCO3)[C@H](O)C[C@@H]2O1. The highest BCUT2D eigenvalue weighted by Crippen LogP contribution is 2.45. The van der Waals surface area contributed by atoms with Crippen molar-refractivity contribution >= 4 is 5.97 Å². The summed E-state index contributed by atoms with van der Waals surface area (Å²) in [4.78, 5) is 11.5. The van der Waals surface area contributed by atoms with Crippen LogP contribution >= 0.6 is 0 Å². The van der Waals surface area contributed by atoms with E-state index >= 15 is 0 Å². The molecule has 25 heavy (non-hydrogen) atoms. The molecule has 3 aliphatic rings. The minimum atomic E-state index is -0.558. The van der Waals surface area contributed by atoms with Crippen molar-refractivity contribution in [2.24, 2.45) is 11.8 Å². The maximum atomic E-state index is 11.5. The number of esters is 1. The molecule has 1 aromatic rings. The van der Waals surface area contributed by atoms with Crippen molar-refractivity contribution in [2.75, 3.05) is 13.2 Å². The van der Waals surface area contributed by atoms with Crippen molar-refractivity contribution in [1.82, 2.24) is 0 Å². The number of benzene rings is 1. The summed E-state index contributed by atoms with van der Waals surface area (Å²) in [6, 6.07) is 10.4. The van der Waals surface area contributed by atoms with Crippen LogP contribution in [-0.2, 0) is 25.4 Å². The predicted molar refractivity (Wildman–Crippen MR) is 90.7 cm³/mol. The number of hydrogen-bond donors (Lipinski definition) is 1. The van der Waals surface area contributed by atoms with Crippen molar-refractivity contribution in [2.45, 2.75) is 56.5 Å². The molecule has 1 saturated carbocycles. The molecule has 2 aliphatic heterocycles. The third-order valence-corrected chi connectivity index (χ3v) is 5.99. The van der Waals surface area contributed by atoms with Gasteiger partial charge in [0.15, 0.2) is 5.79 Å². The number of fused-ring (bicyclic) bond motifs is 1. The number of carbonyl (C=O) groups is 1. The van der Waals surface area contributed by atoms with Crippen LogP contribution in [0.25, 0.3) is 0 Å². The molecule has 4 atom stereocenters. The molecule has 5 nitrogen and oxygen atoms in total. The highest BCUT2D eigenvalue weighted by atomic mass is 16.7. The molecule has 136 valence electrons. The quantitative estimate of drug-likeness (QED) is 0.802. The van der Waals surface area contributed by atoms with Crippen LogP contribution in [0.2, 0.25) is 0 Å². The average Bonchev–Trinajstić information content (AvgIpc) is 3.28. The van der Waals surface area contributed by atoms with Gasteiger partial charge in [-0.25, -0.2) is 0 Å². The van der Waals surface area contributed by atoms with Gasteiger partial charge in [0.2, 0.25) is 0 Å². The Morgan fingerprint density at radius 3 is 2.64 bits per heavy atom. The lowest BCUT2D eigenvalue weighted by atomic mass is 9.86. The number of rotatable bonds is 6. The smallest absolute Gasteiger partial charge is 0.306 e. The van der Waals surface area contributed by atoms with Crippen LogP contribution in [0.3, 0.4) is 0 Å². The molecule has 5 heteroatoms. The van der Waals surface area contributed by atoms with Crippen molar-refractivity contribution in [3.63, 3.8) is 0 Å². The van der Waals surface area contributed by atoms with E-state index < -0.39 is 11.9 Å². The Bertz CT molecular complexity index is 595. The Morgan fingerprint density at radius 2 is 1.88 bits per heavy atom. The molecule has 0 radical (unpaired) electrons. The van der Waals surface area contributed by atoms with E-state index in [1.807, 2.05) is 18.2 Å². The largest absolute Gasteiger partial charge is 0.462 e. The van der Waals surface area contributed by atoms with Crippen LogP contribution in [0.4, 0.5) is 0 Å². The van der Waals surface area contributed by atoms with Gasteiger partial charge >= 0.3 is 5.97 Å². The van der Waals surface area contributed by atoms with Gasteiger partial charge in [0.05, 0.1) is 25.7 Å². The van der Waals surface area contributed by atoms with E-state index in [1.165, 1.54) is 5.56 Å². The first kappa shape index (κ1) is 17.0. The number of hydrogen-bond acceptors (Lipinski definition) is 5. The van der Waals surface area contributed by atoms with Crippen LogP contribution < -0.4 is 0 Å². The molecule has 2 saturated heterocycles. The summed E-state index contributed by atoms with van der Waals surface area (Å²) in [5.41, 5.74) is 1.27. The summed E-state index contributed by atoms with van der Waals surface area (Å²) in [6.07, 6.45) is 3.77. The normalized spacial score (nSPS) is 33.4. The summed E-state index contributed by atoms with van der Waals surface area (Å²) in [6.45, 7) is 1.24. The van der Waals surface area contributed by atoms with E-state index in [4.69, 9.17) is 14.2 Å². The van der Waals surface area contributed by atoms with Gasteiger partial charge in [-0.15, -0.1) is 0 Å². The zero-order valence-electron chi connectivity index (χ0n) is 14.4. The lowest BCUT2D eigenvalue weighted by Gasteiger charge is -2.30. The standard InChI is InChI=1S/C20H26O5/c21-17-13-18-16(12-19(22)25-18)15(17)7-9-20(23-10-11-24-20)8-6-14-4-2-1-3-5-14/h1-5,15-18,21H,6-13H2/t15-,16-,17-,18+/m1/s1. The highest BCUT2D eigenvalue weighted by Gasteiger charge is 2.50. The molecule has 0 bridgehead atoms. The molecule has 3 fully saturated rings. The second-order valence-corrected chi connectivity index (χ2v) is 7.50. The van der Waals surface area contributed by atoms with Crippen LogP contribution in [0, 0.1) is 11.8 Å². The fourth-order valence-corrected chi connectivity index (χ4v) is 4.66. The van der Waals surface area contributed by atoms with Crippen LogP contribution in [0.5, 0.6) is 0 Å². The number of aliphatic hydroxyl groups excluding tert-OH is 1. The molecule has 0 spiro atoms. The summed E-state index contributed by atoms with van der Waals surface area (Å²) >= 11 is 0. The number of carbonyl (C=O) groups excluding carboxylic acids is 1. The molecule has 0 aromatic heterocycles. The molecule has 1 aromatic carbocycles. The van der Waals surface area contributed by atoms with Crippen molar-refractivity contribution in [3.05, 3.63) is 35.9 Å². The summed E-state index contributed by atoms with van der Waals surface area (Å²) in [5.74, 6) is -0.441. The molecular weight excluding hydrogens is 320 g/mol. The molecule has 2 heterocycles. The molecule has 4 rings (SSSR count). The Hall–Kier alpha value is -1.43. The van der Waals surface area contributed by atoms with E-state index in [0.29, 0.717) is 26.1 Å². The Morgan fingerprint density at radius 1 is 1.12 bits per heavy atom. The van der Waals surface area contributed by atoms with E-state index in [0.717, 1.165) is 25.7 Å².